The number of ketones is 1. The monoisotopic (exact) mass is 1210 g/mol. The van der Waals surface area contributed by atoms with Crippen LogP contribution in [0.4, 0.5) is 9.59 Å². The number of nitrogens with one attached hydrogen (secondary N) is 6. The number of rotatable bonds is 13. The molecule has 472 valence electrons. The molecule has 3 aliphatic rings. The largest absolute Gasteiger partial charge is 0.508 e. The molecule has 86 heavy (non-hydrogen) atoms. The number of ether oxygens (including phenoxy) is 4. The molecule has 3 aliphatic heterocycles. The smallest absolute Gasteiger partial charge is 0.408 e. The molecular formula is C59H82N8O19. The van der Waals surface area contributed by atoms with E-state index in [-0.39, 0.29) is 74.4 Å². The van der Waals surface area contributed by atoms with Crippen LogP contribution in [0.5, 0.6) is 11.5 Å². The molecule has 0 bridgehead atoms. The third-order valence-electron chi connectivity index (χ3n) is 12.3. The van der Waals surface area contributed by atoms with Crippen molar-refractivity contribution in [2.45, 2.75) is 169 Å². The Kier molecular flexibility index (Phi) is 27.4. The van der Waals surface area contributed by atoms with Crippen molar-refractivity contribution in [3.8, 4) is 11.5 Å². The van der Waals surface area contributed by atoms with Crippen molar-refractivity contribution in [1.29, 1.82) is 0 Å². The number of imide groups is 1. The van der Waals surface area contributed by atoms with Crippen LogP contribution in [0.25, 0.3) is 0 Å². The van der Waals surface area contributed by atoms with E-state index in [0.29, 0.717) is 10.6 Å². The van der Waals surface area contributed by atoms with E-state index >= 15 is 0 Å². The Morgan fingerprint density at radius 1 is 0.605 bits per heavy atom. The fraction of sp³-hybridized carbons (Fsp3) is 0.525. The maximum absolute atomic E-state index is 13.1. The lowest BCUT2D eigenvalue weighted by Crippen LogP contribution is -2.54. The highest BCUT2D eigenvalue weighted by Gasteiger charge is 2.36. The number of hydrogen-bond donors (Lipinski definition) is 9. The summed E-state index contributed by atoms with van der Waals surface area (Å²) < 4.78 is 20.8. The molecule has 8 amide bonds. The van der Waals surface area contributed by atoms with Crippen molar-refractivity contribution < 1.29 is 91.5 Å². The van der Waals surface area contributed by atoms with Crippen LogP contribution in [-0.4, -0.2) is 153 Å². The van der Waals surface area contributed by atoms with Gasteiger partial charge in [-0.05, 0) is 109 Å². The first kappa shape index (κ1) is 71.4. The number of carbonyl (C=O) groups excluding carboxylic acids is 12. The number of Topliss-reactive ketones (excluding diaryl/α,β-unsaturated/α-hetero) is 1. The average Bonchev–Trinajstić information content (AvgIpc) is 3.79. The van der Waals surface area contributed by atoms with E-state index < -0.39 is 125 Å². The number of amides is 8. The number of phenolic OH excluding ortho intramolecular Hbond substituents is 2. The van der Waals surface area contributed by atoms with Gasteiger partial charge in [0.05, 0.1) is 18.7 Å². The van der Waals surface area contributed by atoms with Crippen LogP contribution in [0.3, 0.4) is 0 Å². The molecule has 10 N–H and O–H groups in total. The number of cyclic esters (lactones) is 2. The summed E-state index contributed by atoms with van der Waals surface area (Å²) in [6.07, 6.45) is 3.94. The molecule has 5 rings (SSSR count). The fourth-order valence-electron chi connectivity index (χ4n) is 7.73. The van der Waals surface area contributed by atoms with Gasteiger partial charge in [-0.15, -0.1) is 5.06 Å². The normalized spacial score (nSPS) is 22.1. The van der Waals surface area contributed by atoms with Crippen LogP contribution in [-0.2, 0) is 84.6 Å². The van der Waals surface area contributed by atoms with Gasteiger partial charge in [0.15, 0.2) is 5.78 Å². The molecule has 1 fully saturated rings. The zero-order chi connectivity index (χ0) is 64.8. The van der Waals surface area contributed by atoms with Gasteiger partial charge < -0.3 is 71.6 Å². The van der Waals surface area contributed by atoms with Crippen molar-refractivity contribution in [1.82, 2.24) is 37.0 Å². The lowest BCUT2D eigenvalue weighted by molar-refractivity contribution is -0.198. The van der Waals surface area contributed by atoms with E-state index in [0.717, 1.165) is 5.56 Å². The predicted molar refractivity (Wildman–Crippen MR) is 307 cm³/mol. The first-order valence-electron chi connectivity index (χ1n) is 27.8. The SMILES string of the molecule is CC(C)[C@@H]1NC(=O)/C=C/[C@@H](CC(=O)[C@H](C)NC(=O)OC(C)(C)C)COC(=O)[C@H](Cc2ccc(O)cc2)NC1=O.CC(C)[C@@H]1NC(=O)/C=C/[C@@H](N)COC(=O)[C@H](Cc2ccc(O)cc2)NC1=O.C[C@H](NC(=O)OC(C)(C)C)C(=O)ON1C(=O)CCC1=O. The maximum Gasteiger partial charge on any atom is 0.408 e. The van der Waals surface area contributed by atoms with Crippen LogP contribution >= 0.6 is 0 Å². The summed E-state index contributed by atoms with van der Waals surface area (Å²) in [6.45, 7) is 19.8. The number of esters is 2. The van der Waals surface area contributed by atoms with E-state index in [1.165, 1.54) is 62.4 Å². The Morgan fingerprint density at radius 2 is 1.00 bits per heavy atom. The van der Waals surface area contributed by atoms with E-state index in [9.17, 15) is 67.7 Å². The molecule has 1 saturated heterocycles. The van der Waals surface area contributed by atoms with E-state index in [4.69, 9.17) is 24.7 Å². The van der Waals surface area contributed by atoms with Crippen LogP contribution in [0, 0.1) is 17.8 Å². The summed E-state index contributed by atoms with van der Waals surface area (Å²) >= 11 is 0. The highest BCUT2D eigenvalue weighted by Crippen LogP contribution is 2.18. The van der Waals surface area contributed by atoms with Gasteiger partial charge in [-0.1, -0.05) is 64.1 Å². The van der Waals surface area contributed by atoms with Crippen LogP contribution < -0.4 is 37.6 Å². The molecular weight excluding hydrogens is 1120 g/mol. The average molecular weight is 1210 g/mol. The summed E-state index contributed by atoms with van der Waals surface area (Å²) in [6, 6.07) is 6.14. The molecule has 0 unspecified atom stereocenters. The van der Waals surface area contributed by atoms with Crippen molar-refractivity contribution in [2.75, 3.05) is 13.2 Å². The van der Waals surface area contributed by atoms with Gasteiger partial charge in [0.1, 0.15) is 59.5 Å². The molecule has 2 aromatic carbocycles. The first-order valence-corrected chi connectivity index (χ1v) is 27.8. The molecule has 0 aromatic heterocycles. The number of phenols is 2. The van der Waals surface area contributed by atoms with Crippen molar-refractivity contribution in [3.05, 3.63) is 84.0 Å². The molecule has 0 radical (unpaired) electrons. The molecule has 8 atom stereocenters. The van der Waals surface area contributed by atoms with Crippen LogP contribution in [0.1, 0.15) is 113 Å². The van der Waals surface area contributed by atoms with Gasteiger partial charge >= 0.3 is 30.1 Å². The van der Waals surface area contributed by atoms with E-state index in [1.807, 2.05) is 0 Å². The number of alkyl carbamates (subject to hydrolysis) is 2. The highest BCUT2D eigenvalue weighted by atomic mass is 16.7. The predicted octanol–water partition coefficient (Wildman–Crippen LogP) is 2.67. The second-order valence-corrected chi connectivity index (χ2v) is 23.1. The molecule has 3 heterocycles. The summed E-state index contributed by atoms with van der Waals surface area (Å²) in [5.74, 6) is -6.73. The third-order valence-corrected chi connectivity index (χ3v) is 12.3. The third kappa shape index (κ3) is 25.9. The lowest BCUT2D eigenvalue weighted by atomic mass is 9.98. The minimum atomic E-state index is -1.08. The van der Waals surface area contributed by atoms with E-state index in [1.54, 1.807) is 93.5 Å². The van der Waals surface area contributed by atoms with Gasteiger partial charge in [-0.2, -0.15) is 0 Å². The van der Waals surface area contributed by atoms with Gasteiger partial charge in [0.2, 0.25) is 23.6 Å². The summed E-state index contributed by atoms with van der Waals surface area (Å²) in [5, 5.41) is 34.7. The van der Waals surface area contributed by atoms with Crippen molar-refractivity contribution in [2.24, 2.45) is 23.5 Å². The second-order valence-electron chi connectivity index (χ2n) is 23.1. The molecule has 2 aromatic rings. The number of hydroxylamine groups is 2. The number of benzene rings is 2. The maximum atomic E-state index is 13.1. The molecule has 0 spiro atoms. The number of aromatic hydroxyl groups is 2. The summed E-state index contributed by atoms with van der Waals surface area (Å²) in [5.41, 5.74) is 5.79. The zero-order valence-corrected chi connectivity index (χ0v) is 50.5. The Bertz CT molecular complexity index is 2790. The summed E-state index contributed by atoms with van der Waals surface area (Å²) in [4.78, 5) is 151. The van der Waals surface area contributed by atoms with Gasteiger partial charge in [-0.3, -0.25) is 33.6 Å². The van der Waals surface area contributed by atoms with E-state index in [2.05, 4.69) is 36.7 Å². The highest BCUT2D eigenvalue weighted by molar-refractivity contribution is 6.02. The molecule has 27 heteroatoms. The van der Waals surface area contributed by atoms with Crippen LogP contribution in [0.15, 0.2) is 72.8 Å². The minimum absolute atomic E-state index is 0.0139. The molecule has 0 saturated carbocycles. The quantitative estimate of drug-likeness (QED) is 0.0791. The summed E-state index contributed by atoms with van der Waals surface area (Å²) in [7, 11) is 0. The van der Waals surface area contributed by atoms with Crippen molar-refractivity contribution >= 4 is 71.3 Å². The van der Waals surface area contributed by atoms with Crippen LogP contribution in [0.2, 0.25) is 0 Å². The fourth-order valence-corrected chi connectivity index (χ4v) is 7.73. The van der Waals surface area contributed by atoms with Gasteiger partial charge in [0, 0.05) is 44.1 Å². The topological polar surface area (TPSA) is 393 Å². The standard InChI is InChI=1S/C28H39N3O8.C19H25N3O5.C12H18N2O6/c1-16(2)24-25(35)30-21(13-18-7-10-20(32)11-8-18)26(36)38-15-19(9-12-23(34)31-24)14-22(33)17(3)29-27(37)39-28(4,5)6;1-11(2)17-18(25)21-15(9-12-3-6-14(23)7-4-12)19(26)27-10-13(20)5-8-16(24)22-17;1-7(13-11(18)19-12(2,3)4)10(17)20-14-8(15)5-6-9(14)16/h7-12,16-17,19,21,24,32H,13-15H2,1-6H3,(H,29,37)(H,30,35)(H,31,34);3-8,11,13,15,17,23H,9-10,20H2,1-2H3,(H,21,25)(H,22,24);7H,5-6H2,1-4H3,(H,13,18)/b12-9+;8-5+;/t17-,19-,21-,24-;13-,15+,17+;7-/m010/s1. The van der Waals surface area contributed by atoms with Crippen molar-refractivity contribution in [3.63, 3.8) is 0 Å². The Hall–Kier alpha value is -8.88. The molecule has 27 nitrogen and oxygen atoms in total. The Balaban J connectivity index is 0.000000358. The number of carbonyl (C=O) groups is 12. The number of nitrogens with zero attached hydrogens (tertiary/aromatic N) is 1. The zero-order valence-electron chi connectivity index (χ0n) is 50.5. The Labute approximate surface area is 499 Å². The Morgan fingerprint density at radius 3 is 1.41 bits per heavy atom. The number of hydrogen-bond acceptors (Lipinski definition) is 20. The minimum Gasteiger partial charge on any atom is -0.508 e. The van der Waals surface area contributed by atoms with Gasteiger partial charge in [0.25, 0.3) is 11.8 Å². The first-order chi connectivity index (χ1) is 40.0. The second kappa shape index (κ2) is 33.0. The molecule has 0 aliphatic carbocycles. The van der Waals surface area contributed by atoms with Gasteiger partial charge in [-0.25, -0.2) is 24.0 Å². The number of nitrogens with two attached hydrogens (primary N) is 1. The lowest BCUT2D eigenvalue weighted by Gasteiger charge is -2.26.